The normalized spacial score (nSPS) is 12.4. The van der Waals surface area contributed by atoms with Crippen LogP contribution >= 0.6 is 15.9 Å². The van der Waals surface area contributed by atoms with Crippen LogP contribution in [0.2, 0.25) is 0 Å². The molecule has 0 N–H and O–H groups in total. The van der Waals surface area contributed by atoms with E-state index in [2.05, 4.69) is 29.8 Å². The van der Waals surface area contributed by atoms with Crippen LogP contribution in [0.1, 0.15) is 49.9 Å². The van der Waals surface area contributed by atoms with Gasteiger partial charge >= 0.3 is 0 Å². The summed E-state index contributed by atoms with van der Waals surface area (Å²) in [6.07, 6.45) is 3.77. The molecule has 0 spiro atoms. The summed E-state index contributed by atoms with van der Waals surface area (Å²) in [6, 6.07) is 7.51. The van der Waals surface area contributed by atoms with Gasteiger partial charge in [-0.15, -0.1) is 0 Å². The molecule has 1 aromatic rings. The molecule has 0 aliphatic carbocycles. The molecule has 0 radical (unpaired) electrons. The zero-order chi connectivity index (χ0) is 14.1. The number of carbonyl (C=O) groups is 1. The third-order valence-corrected chi connectivity index (χ3v) is 3.57. The lowest BCUT2D eigenvalue weighted by molar-refractivity contribution is 0.0871. The minimum atomic E-state index is 0.192. The lowest BCUT2D eigenvalue weighted by atomic mass is 10.1. The first-order chi connectivity index (χ1) is 9.13. The molecule has 0 amide bonds. The van der Waals surface area contributed by atoms with Crippen LogP contribution in [0, 0.1) is 5.92 Å². The van der Waals surface area contributed by atoms with E-state index in [1.807, 2.05) is 24.3 Å². The fourth-order valence-corrected chi connectivity index (χ4v) is 2.24. The maximum absolute atomic E-state index is 11.9. The Hall–Kier alpha value is -0.670. The summed E-state index contributed by atoms with van der Waals surface area (Å²) in [7, 11) is 0. The van der Waals surface area contributed by atoms with E-state index in [9.17, 15) is 4.79 Å². The highest BCUT2D eigenvalue weighted by molar-refractivity contribution is 9.10. The molecule has 1 rings (SSSR count). The van der Waals surface area contributed by atoms with Gasteiger partial charge in [0, 0.05) is 29.7 Å². The Morgan fingerprint density at radius 3 is 2.63 bits per heavy atom. The first kappa shape index (κ1) is 16.4. The fourth-order valence-electron chi connectivity index (χ4n) is 1.98. The van der Waals surface area contributed by atoms with Crippen molar-refractivity contribution in [1.82, 2.24) is 0 Å². The molecule has 0 aromatic heterocycles. The van der Waals surface area contributed by atoms with Crippen LogP contribution < -0.4 is 0 Å². The minimum Gasteiger partial charge on any atom is -0.381 e. The van der Waals surface area contributed by atoms with Crippen molar-refractivity contribution in [3.8, 4) is 0 Å². The van der Waals surface area contributed by atoms with Gasteiger partial charge in [0.2, 0.25) is 0 Å². The Bertz CT molecular complexity index is 373. The number of Topliss-reactive ketones (excluding diaryl/α,β-unsaturated/α-hetero) is 1. The summed E-state index contributed by atoms with van der Waals surface area (Å²) in [6.45, 7) is 5.88. The van der Waals surface area contributed by atoms with Crippen molar-refractivity contribution in [1.29, 1.82) is 0 Å². The highest BCUT2D eigenvalue weighted by Gasteiger charge is 2.06. The molecule has 1 atom stereocenters. The van der Waals surface area contributed by atoms with Gasteiger partial charge in [-0.2, -0.15) is 0 Å². The van der Waals surface area contributed by atoms with Crippen molar-refractivity contribution in [3.63, 3.8) is 0 Å². The lowest BCUT2D eigenvalue weighted by Crippen LogP contribution is -2.08. The number of hydrogen-bond donors (Lipinski definition) is 0. The van der Waals surface area contributed by atoms with Gasteiger partial charge in [-0.3, -0.25) is 4.79 Å². The largest absolute Gasteiger partial charge is 0.381 e. The van der Waals surface area contributed by atoms with Crippen LogP contribution in [-0.2, 0) is 4.74 Å². The maximum Gasteiger partial charge on any atom is 0.162 e. The second-order valence-electron chi connectivity index (χ2n) is 5.00. The minimum absolute atomic E-state index is 0.192. The number of hydrogen-bond acceptors (Lipinski definition) is 2. The van der Waals surface area contributed by atoms with Gasteiger partial charge in [-0.1, -0.05) is 48.3 Å². The first-order valence-corrected chi connectivity index (χ1v) is 7.79. The molecule has 3 heteroatoms. The molecule has 0 aliphatic heterocycles. The Balaban J connectivity index is 2.15. The third-order valence-electron chi connectivity index (χ3n) is 3.04. The molecule has 106 valence electrons. The van der Waals surface area contributed by atoms with Crippen LogP contribution in [0.25, 0.3) is 0 Å². The Morgan fingerprint density at radius 1 is 1.32 bits per heavy atom. The summed E-state index contributed by atoms with van der Waals surface area (Å²) in [5.74, 6) is 0.810. The van der Waals surface area contributed by atoms with Crippen molar-refractivity contribution in [2.75, 3.05) is 13.2 Å². The van der Waals surface area contributed by atoms with E-state index >= 15 is 0 Å². The molecule has 0 bridgehead atoms. The van der Waals surface area contributed by atoms with E-state index in [0.29, 0.717) is 18.9 Å². The van der Waals surface area contributed by atoms with Gasteiger partial charge in [0.1, 0.15) is 0 Å². The smallest absolute Gasteiger partial charge is 0.162 e. The van der Waals surface area contributed by atoms with Crippen LogP contribution in [0.15, 0.2) is 28.7 Å². The molecular formula is C16H23BrO2. The summed E-state index contributed by atoms with van der Waals surface area (Å²) in [5, 5.41) is 0. The Labute approximate surface area is 124 Å². The van der Waals surface area contributed by atoms with Crippen molar-refractivity contribution < 1.29 is 9.53 Å². The van der Waals surface area contributed by atoms with E-state index < -0.39 is 0 Å². The monoisotopic (exact) mass is 326 g/mol. The molecular weight excluding hydrogens is 304 g/mol. The van der Waals surface area contributed by atoms with Gasteiger partial charge in [0.05, 0.1) is 0 Å². The highest BCUT2D eigenvalue weighted by atomic mass is 79.9. The number of ether oxygens (including phenoxy) is 1. The molecule has 0 saturated heterocycles. The van der Waals surface area contributed by atoms with E-state index in [1.165, 1.54) is 12.8 Å². The second-order valence-corrected chi connectivity index (χ2v) is 5.92. The number of halogens is 1. The fraction of sp³-hybridized carbons (Fsp3) is 0.562. The van der Waals surface area contributed by atoms with Crippen molar-refractivity contribution >= 4 is 21.7 Å². The maximum atomic E-state index is 11.9. The second kappa shape index (κ2) is 9.27. The van der Waals surface area contributed by atoms with E-state index in [0.717, 1.165) is 23.1 Å². The van der Waals surface area contributed by atoms with Crippen LogP contribution in [0.4, 0.5) is 0 Å². The Morgan fingerprint density at radius 2 is 2.00 bits per heavy atom. The first-order valence-electron chi connectivity index (χ1n) is 7.00. The van der Waals surface area contributed by atoms with Crippen molar-refractivity contribution in [2.45, 2.75) is 39.5 Å². The number of benzene rings is 1. The van der Waals surface area contributed by atoms with Crippen molar-refractivity contribution in [2.24, 2.45) is 5.92 Å². The van der Waals surface area contributed by atoms with Gasteiger partial charge < -0.3 is 4.74 Å². The van der Waals surface area contributed by atoms with Gasteiger partial charge in [-0.05, 0) is 30.9 Å². The summed E-state index contributed by atoms with van der Waals surface area (Å²) < 4.78 is 6.59. The van der Waals surface area contributed by atoms with Gasteiger partial charge in [-0.25, -0.2) is 0 Å². The predicted octanol–water partition coefficient (Wildman–Crippen LogP) is 4.86. The number of ketones is 1. The van der Waals surface area contributed by atoms with Gasteiger partial charge in [0.25, 0.3) is 0 Å². The van der Waals surface area contributed by atoms with Crippen LogP contribution in [0.3, 0.4) is 0 Å². The van der Waals surface area contributed by atoms with E-state index in [4.69, 9.17) is 4.74 Å². The average molecular weight is 327 g/mol. The van der Waals surface area contributed by atoms with E-state index in [-0.39, 0.29) is 5.78 Å². The van der Waals surface area contributed by atoms with Crippen molar-refractivity contribution in [3.05, 3.63) is 34.3 Å². The van der Waals surface area contributed by atoms with Crippen LogP contribution in [0.5, 0.6) is 0 Å². The zero-order valence-corrected chi connectivity index (χ0v) is 13.4. The molecule has 1 aromatic carbocycles. The third kappa shape index (κ3) is 6.88. The SMILES string of the molecule is CCCC(C)COCCCC(=O)c1ccc(Br)cc1. The molecule has 2 nitrogen and oxygen atoms in total. The zero-order valence-electron chi connectivity index (χ0n) is 11.8. The molecule has 1 unspecified atom stereocenters. The lowest BCUT2D eigenvalue weighted by Gasteiger charge is -2.10. The number of rotatable bonds is 9. The molecule has 0 heterocycles. The predicted molar refractivity (Wildman–Crippen MR) is 82.6 cm³/mol. The van der Waals surface area contributed by atoms with Gasteiger partial charge in [0.15, 0.2) is 5.78 Å². The number of carbonyl (C=O) groups excluding carboxylic acids is 1. The summed E-state index contributed by atoms with van der Waals surface area (Å²) >= 11 is 3.36. The topological polar surface area (TPSA) is 26.3 Å². The quantitative estimate of drug-likeness (QED) is 0.478. The Kier molecular flexibility index (Phi) is 7.99. The highest BCUT2D eigenvalue weighted by Crippen LogP contribution is 2.13. The molecule has 0 saturated carbocycles. The average Bonchev–Trinajstić information content (AvgIpc) is 2.39. The standard InChI is InChI=1S/C16H23BrO2/c1-3-5-13(2)12-19-11-4-6-16(18)14-7-9-15(17)10-8-14/h7-10,13H,3-6,11-12H2,1-2H3. The van der Waals surface area contributed by atoms with Crippen LogP contribution in [-0.4, -0.2) is 19.0 Å². The molecule has 0 aliphatic rings. The summed E-state index contributed by atoms with van der Waals surface area (Å²) in [4.78, 5) is 11.9. The summed E-state index contributed by atoms with van der Waals surface area (Å²) in [5.41, 5.74) is 0.780. The molecule has 0 fully saturated rings. The molecule has 19 heavy (non-hydrogen) atoms. The van der Waals surface area contributed by atoms with E-state index in [1.54, 1.807) is 0 Å².